The summed E-state index contributed by atoms with van der Waals surface area (Å²) in [6, 6.07) is 6.25. The van der Waals surface area contributed by atoms with Gasteiger partial charge in [0.2, 0.25) is 0 Å². The van der Waals surface area contributed by atoms with Gasteiger partial charge in [0.1, 0.15) is 5.82 Å². The summed E-state index contributed by atoms with van der Waals surface area (Å²) in [5.41, 5.74) is 0.130. The van der Waals surface area contributed by atoms with Gasteiger partial charge in [-0.05, 0) is 24.6 Å². The molecule has 0 saturated heterocycles. The minimum Gasteiger partial charge on any atom is -0.396 e. The van der Waals surface area contributed by atoms with Crippen LogP contribution in [-0.2, 0) is 10.3 Å². The van der Waals surface area contributed by atoms with E-state index in [0.717, 1.165) is 5.56 Å². The summed E-state index contributed by atoms with van der Waals surface area (Å²) in [6.45, 7) is 1.85. The Hall–Kier alpha value is -0.930. The van der Waals surface area contributed by atoms with Crippen LogP contribution in [0.1, 0.15) is 18.9 Å². The molecule has 0 aliphatic rings. The fourth-order valence-electron chi connectivity index (χ4n) is 1.40. The number of hydrogen-bond donors (Lipinski definition) is 1. The fraction of sp³-hybridized carbons (Fsp3) is 0.455. The zero-order valence-electron chi connectivity index (χ0n) is 8.46. The number of methoxy groups -OCH3 is 1. The van der Waals surface area contributed by atoms with Gasteiger partial charge < -0.3 is 9.84 Å². The lowest BCUT2D eigenvalue weighted by Crippen LogP contribution is -2.25. The van der Waals surface area contributed by atoms with E-state index in [-0.39, 0.29) is 12.4 Å². The Labute approximate surface area is 83.3 Å². The van der Waals surface area contributed by atoms with Crippen molar-refractivity contribution in [1.82, 2.24) is 0 Å². The molecule has 78 valence electrons. The average molecular weight is 198 g/mol. The van der Waals surface area contributed by atoms with Gasteiger partial charge in [-0.1, -0.05) is 12.1 Å². The van der Waals surface area contributed by atoms with E-state index in [0.29, 0.717) is 6.42 Å². The summed E-state index contributed by atoms with van der Waals surface area (Å²) >= 11 is 0. The van der Waals surface area contributed by atoms with E-state index in [4.69, 9.17) is 9.84 Å². The summed E-state index contributed by atoms with van der Waals surface area (Å²) in [6.07, 6.45) is 0.451. The highest BCUT2D eigenvalue weighted by Crippen LogP contribution is 2.28. The van der Waals surface area contributed by atoms with Crippen molar-refractivity contribution >= 4 is 0 Å². The molecule has 1 N–H and O–H groups in total. The van der Waals surface area contributed by atoms with Crippen molar-refractivity contribution in [3.63, 3.8) is 0 Å². The van der Waals surface area contributed by atoms with Crippen molar-refractivity contribution in [3.8, 4) is 0 Å². The SMILES string of the molecule is COC(C)(CCO)c1cccc(F)c1. The molecule has 1 unspecified atom stereocenters. The normalized spacial score (nSPS) is 15.1. The van der Waals surface area contributed by atoms with Crippen LogP contribution in [0.15, 0.2) is 24.3 Å². The van der Waals surface area contributed by atoms with Gasteiger partial charge in [0.15, 0.2) is 0 Å². The van der Waals surface area contributed by atoms with Crippen LogP contribution < -0.4 is 0 Å². The van der Waals surface area contributed by atoms with Crippen molar-refractivity contribution in [2.45, 2.75) is 18.9 Å². The standard InChI is InChI=1S/C11H15FO2/c1-11(14-2,6-7-13)9-4-3-5-10(12)8-9/h3-5,8,13H,6-7H2,1-2H3. The maximum Gasteiger partial charge on any atom is 0.123 e. The molecule has 0 aliphatic heterocycles. The smallest absolute Gasteiger partial charge is 0.123 e. The molecule has 1 aromatic rings. The second-order valence-electron chi connectivity index (χ2n) is 3.42. The second-order valence-corrected chi connectivity index (χ2v) is 3.42. The van der Waals surface area contributed by atoms with E-state index in [9.17, 15) is 4.39 Å². The van der Waals surface area contributed by atoms with Crippen molar-refractivity contribution in [3.05, 3.63) is 35.6 Å². The molecule has 1 rings (SSSR count). The molecule has 2 nitrogen and oxygen atoms in total. The average Bonchev–Trinajstić information content (AvgIpc) is 2.18. The van der Waals surface area contributed by atoms with Gasteiger partial charge in [-0.15, -0.1) is 0 Å². The van der Waals surface area contributed by atoms with E-state index in [1.165, 1.54) is 12.1 Å². The topological polar surface area (TPSA) is 29.5 Å². The van der Waals surface area contributed by atoms with Gasteiger partial charge in [-0.2, -0.15) is 0 Å². The zero-order valence-corrected chi connectivity index (χ0v) is 8.46. The molecule has 0 heterocycles. The Morgan fingerprint density at radius 2 is 2.21 bits per heavy atom. The predicted octanol–water partition coefficient (Wildman–Crippen LogP) is 2.07. The quantitative estimate of drug-likeness (QED) is 0.802. The first-order chi connectivity index (χ1) is 6.62. The van der Waals surface area contributed by atoms with Gasteiger partial charge >= 0.3 is 0 Å². The van der Waals surface area contributed by atoms with Gasteiger partial charge in [0.05, 0.1) is 5.60 Å². The maximum atomic E-state index is 13.0. The molecule has 0 radical (unpaired) electrons. The summed E-state index contributed by atoms with van der Waals surface area (Å²) in [7, 11) is 1.56. The van der Waals surface area contributed by atoms with E-state index in [1.807, 2.05) is 6.92 Å². The third-order valence-electron chi connectivity index (χ3n) is 2.47. The van der Waals surface area contributed by atoms with Gasteiger partial charge in [0.25, 0.3) is 0 Å². The van der Waals surface area contributed by atoms with Crippen LogP contribution in [0.2, 0.25) is 0 Å². The molecule has 0 aromatic heterocycles. The maximum absolute atomic E-state index is 13.0. The van der Waals surface area contributed by atoms with E-state index in [1.54, 1.807) is 19.2 Å². The highest BCUT2D eigenvalue weighted by molar-refractivity contribution is 5.22. The molecule has 1 atom stereocenters. The van der Waals surface area contributed by atoms with E-state index in [2.05, 4.69) is 0 Å². The van der Waals surface area contributed by atoms with Crippen LogP contribution in [0, 0.1) is 5.82 Å². The molecule has 3 heteroatoms. The van der Waals surface area contributed by atoms with Crippen molar-refractivity contribution < 1.29 is 14.2 Å². The first-order valence-electron chi connectivity index (χ1n) is 4.54. The molecular weight excluding hydrogens is 183 g/mol. The summed E-state index contributed by atoms with van der Waals surface area (Å²) in [4.78, 5) is 0. The van der Waals surface area contributed by atoms with Crippen molar-refractivity contribution in [2.24, 2.45) is 0 Å². The third kappa shape index (κ3) is 2.30. The summed E-state index contributed by atoms with van der Waals surface area (Å²) in [5, 5.41) is 8.89. The van der Waals surface area contributed by atoms with Gasteiger partial charge in [0, 0.05) is 20.1 Å². The molecule has 1 aromatic carbocycles. The third-order valence-corrected chi connectivity index (χ3v) is 2.47. The van der Waals surface area contributed by atoms with Crippen LogP contribution >= 0.6 is 0 Å². The number of hydrogen-bond acceptors (Lipinski definition) is 2. The Bertz CT molecular complexity index is 301. The van der Waals surface area contributed by atoms with Crippen LogP contribution in [0.4, 0.5) is 4.39 Å². The second kappa shape index (κ2) is 4.53. The molecule has 14 heavy (non-hydrogen) atoms. The lowest BCUT2D eigenvalue weighted by atomic mass is 9.92. The fourth-order valence-corrected chi connectivity index (χ4v) is 1.40. The number of benzene rings is 1. The lowest BCUT2D eigenvalue weighted by molar-refractivity contribution is -0.0175. The monoisotopic (exact) mass is 198 g/mol. The van der Waals surface area contributed by atoms with Crippen molar-refractivity contribution in [1.29, 1.82) is 0 Å². The van der Waals surface area contributed by atoms with Crippen LogP contribution in [0.3, 0.4) is 0 Å². The number of aliphatic hydroxyl groups excluding tert-OH is 1. The first-order valence-corrected chi connectivity index (χ1v) is 4.54. The van der Waals surface area contributed by atoms with Crippen LogP contribution in [-0.4, -0.2) is 18.8 Å². The number of ether oxygens (including phenoxy) is 1. The van der Waals surface area contributed by atoms with E-state index >= 15 is 0 Å². The highest BCUT2D eigenvalue weighted by atomic mass is 19.1. The minimum absolute atomic E-state index is 0.0147. The molecule has 0 amide bonds. The van der Waals surface area contributed by atoms with Gasteiger partial charge in [-0.3, -0.25) is 0 Å². The predicted molar refractivity (Wildman–Crippen MR) is 52.5 cm³/mol. The molecule has 0 aliphatic carbocycles. The molecule has 0 saturated carbocycles. The van der Waals surface area contributed by atoms with Crippen LogP contribution in [0.5, 0.6) is 0 Å². The van der Waals surface area contributed by atoms with Gasteiger partial charge in [-0.25, -0.2) is 4.39 Å². The Balaban J connectivity index is 2.99. The molecular formula is C11H15FO2. The number of halogens is 1. The van der Waals surface area contributed by atoms with Crippen molar-refractivity contribution in [2.75, 3.05) is 13.7 Å². The minimum atomic E-state index is -0.614. The highest BCUT2D eigenvalue weighted by Gasteiger charge is 2.25. The zero-order chi connectivity index (χ0) is 10.6. The molecule has 0 spiro atoms. The Morgan fingerprint density at radius 1 is 1.50 bits per heavy atom. The largest absolute Gasteiger partial charge is 0.396 e. The lowest BCUT2D eigenvalue weighted by Gasteiger charge is -2.27. The number of rotatable bonds is 4. The summed E-state index contributed by atoms with van der Waals surface area (Å²) in [5.74, 6) is -0.288. The molecule has 0 bridgehead atoms. The Morgan fingerprint density at radius 3 is 2.71 bits per heavy atom. The number of aliphatic hydroxyl groups is 1. The summed E-state index contributed by atoms with van der Waals surface area (Å²) < 4.78 is 18.2. The van der Waals surface area contributed by atoms with E-state index < -0.39 is 5.60 Å². The first kappa shape index (κ1) is 11.1. The molecule has 0 fully saturated rings. The Kier molecular flexibility index (Phi) is 3.61. The van der Waals surface area contributed by atoms with Crippen LogP contribution in [0.25, 0.3) is 0 Å².